The van der Waals surface area contributed by atoms with E-state index in [2.05, 4.69) is 0 Å². The van der Waals surface area contributed by atoms with Gasteiger partial charge in [-0.3, -0.25) is 55.4 Å². The maximum absolute atomic E-state index is 11.1. The van der Waals surface area contributed by atoms with E-state index >= 15 is 0 Å². The Morgan fingerprint density at radius 2 is 1.22 bits per heavy atom. The van der Waals surface area contributed by atoms with Gasteiger partial charge < -0.3 is 10.8 Å². The van der Waals surface area contributed by atoms with Crippen molar-refractivity contribution in [1.29, 1.82) is 0 Å². The molecule has 0 saturated heterocycles. The Morgan fingerprint density at radius 3 is 1.65 bits per heavy atom. The molecule has 0 saturated carbocycles. The summed E-state index contributed by atoms with van der Waals surface area (Å²) in [7, 11) is 0. The number of aromatic nitrogens is 1. The predicted octanol–water partition coefficient (Wildman–Crippen LogP) is 2.00. The molecule has 2 aromatic carbocycles. The predicted molar refractivity (Wildman–Crippen MR) is 118 cm³/mol. The number of carbonyl (C=O) groups is 1. The average molecular weight is 518 g/mol. The van der Waals surface area contributed by atoms with Crippen LogP contribution < -0.4 is 10.3 Å². The first kappa shape index (κ1) is 27.1. The number of aromatic hydroxyl groups is 1. The number of amides is 1. The highest BCUT2D eigenvalue weighted by Crippen LogP contribution is 2.39. The van der Waals surface area contributed by atoms with E-state index in [-0.39, 0.29) is 11.3 Å². The first-order chi connectivity index (χ1) is 17.2. The summed E-state index contributed by atoms with van der Waals surface area (Å²) >= 11 is 0. The molecule has 0 aliphatic carbocycles. The summed E-state index contributed by atoms with van der Waals surface area (Å²) in [5.74, 6) is -1.89. The molecule has 1 amide bonds. The van der Waals surface area contributed by atoms with Crippen molar-refractivity contribution < 1.29 is 39.1 Å². The van der Waals surface area contributed by atoms with E-state index in [9.17, 15) is 55.4 Å². The minimum Gasteiger partial charge on any atom is -0.497 e. The zero-order valence-electron chi connectivity index (χ0n) is 17.9. The topological polar surface area (TPSA) is 283 Å². The van der Waals surface area contributed by atoms with Gasteiger partial charge in [0.15, 0.2) is 12.4 Å². The van der Waals surface area contributed by atoms with E-state index in [1.807, 2.05) is 0 Å². The van der Waals surface area contributed by atoms with Crippen molar-refractivity contribution >= 4 is 34.3 Å². The monoisotopic (exact) mass is 518 g/mol. The second-order valence-corrected chi connectivity index (χ2v) is 6.66. The molecule has 0 radical (unpaired) electrons. The Balaban J connectivity index is 0.000000271. The first-order valence-electron chi connectivity index (χ1n) is 9.29. The van der Waals surface area contributed by atoms with Crippen molar-refractivity contribution in [2.24, 2.45) is 5.73 Å². The number of phenols is 1. The number of pyridine rings is 1. The third-order valence-electron chi connectivity index (χ3n) is 4.39. The number of nitrogens with zero attached hydrogens (tertiary/aromatic N) is 6. The van der Waals surface area contributed by atoms with Crippen molar-refractivity contribution in [3.8, 4) is 11.4 Å². The highest BCUT2D eigenvalue weighted by atomic mass is 16.6. The van der Waals surface area contributed by atoms with Crippen LogP contribution in [0.2, 0.25) is 0 Å². The summed E-state index contributed by atoms with van der Waals surface area (Å²) in [4.78, 5) is 59.2. The summed E-state index contributed by atoms with van der Waals surface area (Å²) in [5, 5.41) is 62.0. The Bertz CT molecular complexity index is 1440. The number of primary amides is 1. The second kappa shape index (κ2) is 10.9. The number of carbonyl (C=O) groups excluding carboxylic acids is 1. The highest BCUT2D eigenvalue weighted by Gasteiger charge is 2.30. The van der Waals surface area contributed by atoms with E-state index in [0.29, 0.717) is 12.1 Å². The lowest BCUT2D eigenvalue weighted by atomic mass is 10.2. The lowest BCUT2D eigenvalue weighted by Gasteiger charge is -1.99. The minimum absolute atomic E-state index is 0.0914. The highest BCUT2D eigenvalue weighted by molar-refractivity contribution is 5.92. The fourth-order valence-corrected chi connectivity index (χ4v) is 2.73. The van der Waals surface area contributed by atoms with Gasteiger partial charge in [-0.25, -0.2) is 0 Å². The summed E-state index contributed by atoms with van der Waals surface area (Å²) in [6, 6.07) is 7.08. The third-order valence-corrected chi connectivity index (χ3v) is 4.39. The molecule has 0 unspecified atom stereocenters. The number of non-ortho nitro benzene ring substituents is 2. The van der Waals surface area contributed by atoms with Gasteiger partial charge in [-0.05, 0) is 6.07 Å². The zero-order chi connectivity index (χ0) is 28.0. The van der Waals surface area contributed by atoms with E-state index in [0.717, 1.165) is 12.1 Å². The van der Waals surface area contributed by atoms with Gasteiger partial charge in [-0.2, -0.15) is 4.57 Å². The molecule has 0 fully saturated rings. The molecule has 19 nitrogen and oxygen atoms in total. The SMILES string of the molecule is NC(=O)c1ccc[n+](-c2ccc([N+](=O)[O-])cc2[N+](=O)[O-])c1.O=[N+]([O-])c1cc([N+](=O)[O-])c(O)c([N+](=O)[O-])c1. The minimum atomic E-state index is -1.21. The molecular formula is C18H12N7O12+. The lowest BCUT2D eigenvalue weighted by Crippen LogP contribution is -2.32. The van der Waals surface area contributed by atoms with Crippen LogP contribution in [0.5, 0.6) is 5.75 Å². The van der Waals surface area contributed by atoms with Crippen LogP contribution in [0.3, 0.4) is 0 Å². The Labute approximate surface area is 202 Å². The summed E-state index contributed by atoms with van der Waals surface area (Å²) in [6.07, 6.45) is 2.79. The average Bonchev–Trinajstić information content (AvgIpc) is 2.83. The van der Waals surface area contributed by atoms with Crippen LogP contribution in [0.1, 0.15) is 10.4 Å². The molecule has 0 bridgehead atoms. The lowest BCUT2D eigenvalue weighted by molar-refractivity contribution is -0.601. The maximum Gasteiger partial charge on any atom is 0.347 e. The smallest absolute Gasteiger partial charge is 0.347 e. The van der Waals surface area contributed by atoms with Crippen LogP contribution in [-0.4, -0.2) is 35.6 Å². The van der Waals surface area contributed by atoms with Gasteiger partial charge >= 0.3 is 17.1 Å². The van der Waals surface area contributed by atoms with Crippen molar-refractivity contribution in [3.63, 3.8) is 0 Å². The van der Waals surface area contributed by atoms with Gasteiger partial charge in [0.1, 0.15) is 11.6 Å². The van der Waals surface area contributed by atoms with Crippen molar-refractivity contribution in [2.45, 2.75) is 0 Å². The number of phenolic OH excluding ortho intramolecular Hbond substituents is 1. The summed E-state index contributed by atoms with van der Waals surface area (Å²) in [6.45, 7) is 0. The second-order valence-electron chi connectivity index (χ2n) is 6.66. The molecule has 0 aliphatic heterocycles. The Morgan fingerprint density at radius 1 is 0.730 bits per heavy atom. The van der Waals surface area contributed by atoms with Gasteiger partial charge in [0.05, 0.1) is 36.7 Å². The molecule has 0 atom stereocenters. The molecular weight excluding hydrogens is 506 g/mol. The van der Waals surface area contributed by atoms with Crippen LogP contribution in [0.4, 0.5) is 28.4 Å². The van der Waals surface area contributed by atoms with Crippen LogP contribution >= 0.6 is 0 Å². The molecule has 0 spiro atoms. The fraction of sp³-hybridized carbons (Fsp3) is 0. The van der Waals surface area contributed by atoms with E-state index < -0.39 is 64.7 Å². The van der Waals surface area contributed by atoms with Gasteiger partial charge in [-0.15, -0.1) is 0 Å². The maximum atomic E-state index is 11.1. The Kier molecular flexibility index (Phi) is 7.95. The molecule has 3 N–H and O–H groups in total. The Hall–Kier alpha value is -6.14. The third kappa shape index (κ3) is 6.26. The quantitative estimate of drug-likeness (QED) is 0.258. The van der Waals surface area contributed by atoms with Gasteiger partial charge in [-0.1, -0.05) is 0 Å². The number of hydrogen-bond donors (Lipinski definition) is 2. The van der Waals surface area contributed by atoms with Crippen LogP contribution in [0, 0.1) is 50.6 Å². The van der Waals surface area contributed by atoms with Crippen LogP contribution in [-0.2, 0) is 0 Å². The molecule has 1 heterocycles. The molecule has 1 aromatic heterocycles. The van der Waals surface area contributed by atoms with Crippen molar-refractivity contribution in [2.75, 3.05) is 0 Å². The summed E-state index contributed by atoms with van der Waals surface area (Å²) < 4.78 is 1.31. The first-order valence-corrected chi connectivity index (χ1v) is 9.29. The molecule has 3 aromatic rings. The molecule has 0 aliphatic rings. The number of nitro benzene ring substituents is 5. The molecule has 37 heavy (non-hydrogen) atoms. The zero-order valence-corrected chi connectivity index (χ0v) is 17.9. The van der Waals surface area contributed by atoms with Crippen molar-refractivity contribution in [3.05, 3.63) is 111 Å². The number of rotatable bonds is 7. The van der Waals surface area contributed by atoms with Gasteiger partial charge in [0.2, 0.25) is 0 Å². The normalized spacial score (nSPS) is 9.95. The van der Waals surface area contributed by atoms with E-state index in [1.165, 1.54) is 35.2 Å². The van der Waals surface area contributed by atoms with Crippen LogP contribution in [0.15, 0.2) is 54.9 Å². The van der Waals surface area contributed by atoms with Gasteiger partial charge in [0, 0.05) is 18.2 Å². The van der Waals surface area contributed by atoms with Crippen LogP contribution in [0.25, 0.3) is 5.69 Å². The molecule has 190 valence electrons. The number of benzene rings is 2. The van der Waals surface area contributed by atoms with E-state index in [4.69, 9.17) is 10.8 Å². The number of hydrogen-bond acceptors (Lipinski definition) is 12. The fourth-order valence-electron chi connectivity index (χ4n) is 2.73. The van der Waals surface area contributed by atoms with E-state index in [1.54, 1.807) is 0 Å². The number of nitro groups is 5. The largest absolute Gasteiger partial charge is 0.497 e. The standard InChI is InChI=1S/C12H8N4O5.C6H3N3O7/c13-12(17)8-2-1-5-14(7-8)10-4-3-9(15(18)19)6-11(10)16(20)21;10-6-4(8(13)14)1-3(7(11)12)2-5(6)9(15)16/h1-7H,(H-,13,17);1-2,10H/p+1. The van der Waals surface area contributed by atoms with Gasteiger partial charge in [0.25, 0.3) is 28.7 Å². The van der Waals surface area contributed by atoms with Crippen molar-refractivity contribution in [1.82, 2.24) is 0 Å². The molecule has 19 heteroatoms. The molecule has 3 rings (SSSR count). The summed E-state index contributed by atoms with van der Waals surface area (Å²) in [5.41, 5.74) is 1.55. The number of nitrogens with two attached hydrogens (primary N) is 1.